The second kappa shape index (κ2) is 8.84. The number of nitrogens with zero attached hydrogens (tertiary/aromatic N) is 4. The summed E-state index contributed by atoms with van der Waals surface area (Å²) in [5.41, 5.74) is 3.82. The Bertz CT molecular complexity index is 1340. The molecule has 3 aromatic rings. The molecule has 172 valence electrons. The first-order valence-corrected chi connectivity index (χ1v) is 12.3. The number of hydrogen-bond acceptors (Lipinski definition) is 8. The van der Waals surface area contributed by atoms with Crippen molar-refractivity contribution in [3.05, 3.63) is 42.2 Å². The first kappa shape index (κ1) is 22.8. The molecule has 4 rings (SSSR count). The lowest BCUT2D eigenvalue weighted by atomic mass is 10.00. The first-order chi connectivity index (χ1) is 15.7. The maximum atomic E-state index is 11.8. The first-order valence-electron chi connectivity index (χ1n) is 10.4. The summed E-state index contributed by atoms with van der Waals surface area (Å²) < 4.78 is 36.9. The van der Waals surface area contributed by atoms with Crippen LogP contribution in [0.1, 0.15) is 19.4 Å². The lowest BCUT2D eigenvalue weighted by Gasteiger charge is -2.41. The van der Waals surface area contributed by atoms with Crippen molar-refractivity contribution >= 4 is 32.3 Å². The number of fused-ring (bicyclic) bond motifs is 1. The third-order valence-corrected chi connectivity index (χ3v) is 6.15. The van der Waals surface area contributed by atoms with Crippen LogP contribution in [0.15, 0.2) is 36.7 Å². The molecular formula is C23H25N5O4S. The molecule has 2 aromatic heterocycles. The quantitative estimate of drug-likeness (QED) is 0.608. The molecule has 0 amide bonds. The van der Waals surface area contributed by atoms with Crippen molar-refractivity contribution in [2.45, 2.75) is 25.9 Å². The molecule has 0 aliphatic carbocycles. The van der Waals surface area contributed by atoms with E-state index in [-0.39, 0.29) is 23.7 Å². The number of nitrogens with one attached hydrogen (secondary N) is 1. The van der Waals surface area contributed by atoms with Crippen molar-refractivity contribution in [2.24, 2.45) is 0 Å². The number of methoxy groups -OCH3 is 1. The van der Waals surface area contributed by atoms with Crippen molar-refractivity contribution < 1.29 is 17.9 Å². The fraction of sp³-hybridized carbons (Fsp3) is 0.348. The van der Waals surface area contributed by atoms with Gasteiger partial charge in [0.25, 0.3) is 0 Å². The average molecular weight is 468 g/mol. The SMILES string of the molecule is COc1ncc(-c2ccc3ncc(C#N)c(N4[C@H](C)COC[C@@H]4C)c3c2)cc1NS(C)(=O)=O. The van der Waals surface area contributed by atoms with Gasteiger partial charge in [-0.25, -0.2) is 13.4 Å². The van der Waals surface area contributed by atoms with Crippen LogP contribution < -0.4 is 14.4 Å². The second-order valence-corrected chi connectivity index (χ2v) is 9.91. The van der Waals surface area contributed by atoms with Crippen LogP contribution >= 0.6 is 0 Å². The summed E-state index contributed by atoms with van der Waals surface area (Å²) in [6, 6.07) is 9.87. The Morgan fingerprint density at radius 2 is 1.88 bits per heavy atom. The van der Waals surface area contributed by atoms with E-state index in [9.17, 15) is 13.7 Å². The topological polar surface area (TPSA) is 117 Å². The summed E-state index contributed by atoms with van der Waals surface area (Å²) >= 11 is 0. The Morgan fingerprint density at radius 1 is 1.15 bits per heavy atom. The van der Waals surface area contributed by atoms with Gasteiger partial charge in [-0.2, -0.15) is 5.26 Å². The number of benzene rings is 1. The minimum Gasteiger partial charge on any atom is -0.480 e. The number of morpholine rings is 1. The van der Waals surface area contributed by atoms with Gasteiger partial charge in [0.2, 0.25) is 15.9 Å². The summed E-state index contributed by atoms with van der Waals surface area (Å²) in [6.07, 6.45) is 4.30. The van der Waals surface area contributed by atoms with E-state index in [1.54, 1.807) is 18.5 Å². The van der Waals surface area contributed by atoms with E-state index in [1.165, 1.54) is 7.11 Å². The minimum atomic E-state index is -3.52. The zero-order valence-corrected chi connectivity index (χ0v) is 19.7. The molecule has 1 aliphatic rings. The molecule has 0 radical (unpaired) electrons. The lowest BCUT2D eigenvalue weighted by Crippen LogP contribution is -2.50. The van der Waals surface area contributed by atoms with E-state index in [4.69, 9.17) is 9.47 Å². The predicted octanol–water partition coefficient (Wildman–Crippen LogP) is 3.16. The number of anilines is 2. The smallest absolute Gasteiger partial charge is 0.238 e. The van der Waals surface area contributed by atoms with Gasteiger partial charge in [-0.1, -0.05) is 6.07 Å². The summed E-state index contributed by atoms with van der Waals surface area (Å²) in [6.45, 7) is 5.29. The van der Waals surface area contributed by atoms with E-state index in [1.807, 2.05) is 18.2 Å². The van der Waals surface area contributed by atoms with E-state index < -0.39 is 10.0 Å². The van der Waals surface area contributed by atoms with Crippen molar-refractivity contribution in [1.82, 2.24) is 9.97 Å². The zero-order chi connectivity index (χ0) is 23.8. The summed E-state index contributed by atoms with van der Waals surface area (Å²) in [5, 5.41) is 10.7. The highest BCUT2D eigenvalue weighted by atomic mass is 32.2. The van der Waals surface area contributed by atoms with Gasteiger partial charge in [0.1, 0.15) is 11.8 Å². The van der Waals surface area contributed by atoms with Gasteiger partial charge < -0.3 is 14.4 Å². The van der Waals surface area contributed by atoms with E-state index in [0.29, 0.717) is 24.3 Å². The van der Waals surface area contributed by atoms with Gasteiger partial charge in [-0.05, 0) is 37.6 Å². The van der Waals surface area contributed by atoms with Crippen LogP contribution in [0.3, 0.4) is 0 Å². The van der Waals surface area contributed by atoms with E-state index in [2.05, 4.69) is 39.5 Å². The number of sulfonamides is 1. The summed E-state index contributed by atoms with van der Waals surface area (Å²) in [7, 11) is -2.09. The van der Waals surface area contributed by atoms with Crippen LogP contribution in [0, 0.1) is 11.3 Å². The largest absolute Gasteiger partial charge is 0.480 e. The third kappa shape index (κ3) is 4.55. The third-order valence-electron chi connectivity index (χ3n) is 5.56. The number of ether oxygens (including phenoxy) is 2. The molecule has 10 heteroatoms. The number of hydrogen-bond donors (Lipinski definition) is 1. The Balaban J connectivity index is 1.90. The van der Waals surface area contributed by atoms with Gasteiger partial charge in [0.05, 0.1) is 43.3 Å². The van der Waals surface area contributed by atoms with Gasteiger partial charge >= 0.3 is 0 Å². The molecule has 0 unspecified atom stereocenters. The molecule has 1 saturated heterocycles. The molecular weight excluding hydrogens is 442 g/mol. The average Bonchev–Trinajstić information content (AvgIpc) is 2.77. The Labute approximate surface area is 193 Å². The number of aromatic nitrogens is 2. The van der Waals surface area contributed by atoms with Crippen molar-refractivity contribution in [2.75, 3.05) is 36.2 Å². The Morgan fingerprint density at radius 3 is 2.52 bits per heavy atom. The van der Waals surface area contributed by atoms with Crippen LogP contribution in [-0.4, -0.2) is 57.0 Å². The number of rotatable bonds is 5. The summed E-state index contributed by atoms with van der Waals surface area (Å²) in [4.78, 5) is 11.0. The highest BCUT2D eigenvalue weighted by Gasteiger charge is 2.29. The minimum absolute atomic E-state index is 0.0864. The standard InChI is InChI=1S/C23H25N5O4S/c1-14-12-32-13-15(2)28(14)22-18(9-24)11-25-20-6-5-16(7-19(20)22)17-8-21(27-33(4,29)30)23(31-3)26-10-17/h5-8,10-11,14-15,27H,12-13H2,1-4H3/t14-,15+. The highest BCUT2D eigenvalue weighted by molar-refractivity contribution is 7.92. The molecule has 1 aliphatic heterocycles. The fourth-order valence-corrected chi connectivity index (χ4v) is 4.75. The van der Waals surface area contributed by atoms with Crippen LogP contribution in [0.4, 0.5) is 11.4 Å². The van der Waals surface area contributed by atoms with Crippen LogP contribution in [-0.2, 0) is 14.8 Å². The Hall–Kier alpha value is -3.42. The normalized spacial score (nSPS) is 18.7. The van der Waals surface area contributed by atoms with Crippen molar-refractivity contribution in [3.63, 3.8) is 0 Å². The Kier molecular flexibility index (Phi) is 6.10. The lowest BCUT2D eigenvalue weighted by molar-refractivity contribution is 0.0758. The maximum absolute atomic E-state index is 11.8. The van der Waals surface area contributed by atoms with Crippen LogP contribution in [0.5, 0.6) is 5.88 Å². The van der Waals surface area contributed by atoms with Gasteiger partial charge in [0.15, 0.2) is 0 Å². The molecule has 1 N–H and O–H groups in total. The monoisotopic (exact) mass is 467 g/mol. The van der Waals surface area contributed by atoms with Crippen LogP contribution in [0.25, 0.3) is 22.0 Å². The molecule has 33 heavy (non-hydrogen) atoms. The van der Waals surface area contributed by atoms with E-state index in [0.717, 1.165) is 28.4 Å². The highest BCUT2D eigenvalue weighted by Crippen LogP contribution is 2.37. The zero-order valence-electron chi connectivity index (χ0n) is 18.9. The van der Waals surface area contributed by atoms with Gasteiger partial charge in [0, 0.05) is 35.4 Å². The molecule has 2 atom stereocenters. The molecule has 3 heterocycles. The van der Waals surface area contributed by atoms with Crippen LogP contribution in [0.2, 0.25) is 0 Å². The summed E-state index contributed by atoms with van der Waals surface area (Å²) in [5.74, 6) is 0.176. The molecule has 0 spiro atoms. The van der Waals surface area contributed by atoms with Gasteiger partial charge in [-0.3, -0.25) is 9.71 Å². The molecule has 0 bridgehead atoms. The van der Waals surface area contributed by atoms with Crippen molar-refractivity contribution in [3.8, 4) is 23.1 Å². The second-order valence-electron chi connectivity index (χ2n) is 8.16. The molecule has 1 fully saturated rings. The predicted molar refractivity (Wildman–Crippen MR) is 127 cm³/mol. The van der Waals surface area contributed by atoms with E-state index >= 15 is 0 Å². The number of nitriles is 1. The molecule has 9 nitrogen and oxygen atoms in total. The number of pyridine rings is 2. The van der Waals surface area contributed by atoms with Gasteiger partial charge in [-0.15, -0.1) is 0 Å². The maximum Gasteiger partial charge on any atom is 0.238 e. The molecule has 0 saturated carbocycles. The fourth-order valence-electron chi connectivity index (χ4n) is 4.21. The molecule has 1 aromatic carbocycles. The van der Waals surface area contributed by atoms with Crippen molar-refractivity contribution in [1.29, 1.82) is 5.26 Å².